The van der Waals surface area contributed by atoms with Crippen LogP contribution >= 0.6 is 39.1 Å². The molecule has 6 heteroatoms. The fraction of sp³-hybridized carbons (Fsp3) is 0.0714. The molecule has 0 atom stereocenters. The zero-order chi connectivity index (χ0) is 14.7. The number of hydrogen-bond acceptors (Lipinski definition) is 2. The second kappa shape index (κ2) is 6.48. The van der Waals surface area contributed by atoms with E-state index in [1.807, 2.05) is 0 Å². The van der Waals surface area contributed by atoms with Gasteiger partial charge in [0.05, 0.1) is 14.5 Å². The molecule has 0 radical (unpaired) electrons. The summed E-state index contributed by atoms with van der Waals surface area (Å²) < 4.78 is 6.16. The lowest BCUT2D eigenvalue weighted by Gasteiger charge is -2.11. The molecule has 0 saturated heterocycles. The molecule has 0 unspecified atom stereocenters. The van der Waals surface area contributed by atoms with Gasteiger partial charge in [0.15, 0.2) is 0 Å². The maximum Gasteiger partial charge on any atom is 0.339 e. The van der Waals surface area contributed by atoms with Crippen LogP contribution in [-0.2, 0) is 6.61 Å². The van der Waals surface area contributed by atoms with Crippen LogP contribution in [0.4, 0.5) is 0 Å². The predicted octanol–water partition coefficient (Wildman–Crippen LogP) is 5.03. The topological polar surface area (TPSA) is 46.5 Å². The van der Waals surface area contributed by atoms with Gasteiger partial charge in [0.1, 0.15) is 17.9 Å². The average Bonchev–Trinajstić information content (AvgIpc) is 2.40. The minimum absolute atomic E-state index is 0.0967. The lowest BCUT2D eigenvalue weighted by molar-refractivity contribution is 0.0691. The Morgan fingerprint density at radius 2 is 1.95 bits per heavy atom. The first-order valence-electron chi connectivity index (χ1n) is 5.57. The summed E-state index contributed by atoms with van der Waals surface area (Å²) in [6.45, 7) is 0.194. The number of hydrogen-bond donors (Lipinski definition) is 1. The highest BCUT2D eigenvalue weighted by Crippen LogP contribution is 2.30. The smallest absolute Gasteiger partial charge is 0.339 e. The number of carbonyl (C=O) groups is 1. The van der Waals surface area contributed by atoms with E-state index in [1.54, 1.807) is 30.3 Å². The van der Waals surface area contributed by atoms with Crippen molar-refractivity contribution in [2.24, 2.45) is 0 Å². The van der Waals surface area contributed by atoms with Gasteiger partial charge in [0.25, 0.3) is 0 Å². The number of para-hydroxylation sites is 1. The summed E-state index contributed by atoms with van der Waals surface area (Å²) in [4.78, 5) is 11.1. The normalized spacial score (nSPS) is 10.3. The molecule has 2 aromatic rings. The van der Waals surface area contributed by atoms with Crippen LogP contribution in [0.5, 0.6) is 5.75 Å². The third kappa shape index (κ3) is 3.45. The van der Waals surface area contributed by atoms with Crippen LogP contribution in [0.2, 0.25) is 10.0 Å². The molecule has 1 N–H and O–H groups in total. The Kier molecular flexibility index (Phi) is 4.91. The summed E-state index contributed by atoms with van der Waals surface area (Å²) >= 11 is 15.0. The number of carboxylic acids is 1. The van der Waals surface area contributed by atoms with Crippen LogP contribution in [0.3, 0.4) is 0 Å². The van der Waals surface area contributed by atoms with Gasteiger partial charge in [-0.1, -0.05) is 35.3 Å². The van der Waals surface area contributed by atoms with Crippen molar-refractivity contribution in [1.29, 1.82) is 0 Å². The number of aromatic carboxylic acids is 1. The van der Waals surface area contributed by atoms with Gasteiger partial charge >= 0.3 is 5.97 Å². The molecule has 0 saturated carbocycles. The van der Waals surface area contributed by atoms with Crippen molar-refractivity contribution >= 4 is 45.1 Å². The molecule has 2 aromatic carbocycles. The van der Waals surface area contributed by atoms with E-state index >= 15 is 0 Å². The molecule has 0 aromatic heterocycles. The monoisotopic (exact) mass is 374 g/mol. The van der Waals surface area contributed by atoms with Crippen molar-refractivity contribution in [1.82, 2.24) is 0 Å². The lowest BCUT2D eigenvalue weighted by atomic mass is 10.2. The first-order chi connectivity index (χ1) is 9.49. The average molecular weight is 376 g/mol. The highest BCUT2D eigenvalue weighted by Gasteiger charge is 2.14. The van der Waals surface area contributed by atoms with Crippen molar-refractivity contribution < 1.29 is 14.6 Å². The molecule has 0 aliphatic carbocycles. The summed E-state index contributed by atoms with van der Waals surface area (Å²) in [5, 5.41) is 10.0. The van der Waals surface area contributed by atoms with Gasteiger partial charge in [-0.05, 0) is 45.8 Å². The van der Waals surface area contributed by atoms with Crippen LogP contribution in [0.15, 0.2) is 40.9 Å². The van der Waals surface area contributed by atoms with E-state index in [2.05, 4.69) is 15.9 Å². The van der Waals surface area contributed by atoms with Gasteiger partial charge in [0.2, 0.25) is 0 Å². The maximum absolute atomic E-state index is 11.1. The molecule has 0 spiro atoms. The van der Waals surface area contributed by atoms with Gasteiger partial charge in [-0.2, -0.15) is 0 Å². The molecule has 0 fully saturated rings. The minimum Gasteiger partial charge on any atom is -0.487 e. The third-order valence-electron chi connectivity index (χ3n) is 2.56. The lowest BCUT2D eigenvalue weighted by Crippen LogP contribution is -2.04. The second-order valence-corrected chi connectivity index (χ2v) is 5.63. The highest BCUT2D eigenvalue weighted by molar-refractivity contribution is 9.10. The Morgan fingerprint density at radius 3 is 2.60 bits per heavy atom. The fourth-order valence-corrected chi connectivity index (χ4v) is 2.41. The van der Waals surface area contributed by atoms with Crippen molar-refractivity contribution in [2.75, 3.05) is 0 Å². The molecule has 2 rings (SSSR count). The van der Waals surface area contributed by atoms with E-state index in [0.29, 0.717) is 14.5 Å². The summed E-state index contributed by atoms with van der Waals surface area (Å²) in [7, 11) is 0. The second-order valence-electron chi connectivity index (χ2n) is 3.96. The molecule has 0 amide bonds. The van der Waals surface area contributed by atoms with Crippen molar-refractivity contribution in [2.45, 2.75) is 6.61 Å². The van der Waals surface area contributed by atoms with E-state index in [4.69, 9.17) is 33.0 Å². The van der Waals surface area contributed by atoms with Gasteiger partial charge in [-0.15, -0.1) is 0 Å². The van der Waals surface area contributed by atoms with Gasteiger partial charge < -0.3 is 9.84 Å². The zero-order valence-corrected chi connectivity index (χ0v) is 13.2. The Morgan fingerprint density at radius 1 is 1.20 bits per heavy atom. The van der Waals surface area contributed by atoms with Gasteiger partial charge in [-0.3, -0.25) is 0 Å². The Hall–Kier alpha value is -1.23. The molecule has 0 aliphatic heterocycles. The van der Waals surface area contributed by atoms with Crippen LogP contribution in [0.25, 0.3) is 0 Å². The molecule has 0 heterocycles. The van der Waals surface area contributed by atoms with Crippen LogP contribution in [0, 0.1) is 0 Å². The fourth-order valence-electron chi connectivity index (χ4n) is 1.61. The Bertz CT molecular complexity index is 659. The number of carboxylic acid groups (broad SMARTS) is 1. The zero-order valence-electron chi connectivity index (χ0n) is 10.1. The molecular weight excluding hydrogens is 367 g/mol. The van der Waals surface area contributed by atoms with Gasteiger partial charge in [0, 0.05) is 0 Å². The summed E-state index contributed by atoms with van der Waals surface area (Å²) in [5.41, 5.74) is 0.894. The molecule has 104 valence electrons. The van der Waals surface area contributed by atoms with E-state index in [0.717, 1.165) is 5.56 Å². The van der Waals surface area contributed by atoms with E-state index in [9.17, 15) is 4.79 Å². The first kappa shape index (κ1) is 15.2. The first-order valence-corrected chi connectivity index (χ1v) is 7.12. The summed E-state index contributed by atoms with van der Waals surface area (Å²) in [5.74, 6) is -0.762. The van der Waals surface area contributed by atoms with Crippen LogP contribution < -0.4 is 4.74 Å². The summed E-state index contributed by atoms with van der Waals surface area (Å²) in [6, 6.07) is 9.96. The van der Waals surface area contributed by atoms with Gasteiger partial charge in [-0.25, -0.2) is 4.79 Å². The number of benzene rings is 2. The largest absolute Gasteiger partial charge is 0.487 e. The Labute approximate surface area is 134 Å². The SMILES string of the molecule is O=C(O)c1cccc(Br)c1OCc1ccc(Cl)c(Cl)c1. The molecule has 0 aliphatic rings. The van der Waals surface area contributed by atoms with E-state index in [1.165, 1.54) is 6.07 Å². The quantitative estimate of drug-likeness (QED) is 0.814. The van der Waals surface area contributed by atoms with Crippen LogP contribution in [0.1, 0.15) is 15.9 Å². The number of ether oxygens (including phenoxy) is 1. The van der Waals surface area contributed by atoms with Crippen molar-refractivity contribution in [3.63, 3.8) is 0 Å². The predicted molar refractivity (Wildman–Crippen MR) is 81.9 cm³/mol. The maximum atomic E-state index is 11.1. The highest BCUT2D eigenvalue weighted by atomic mass is 79.9. The van der Waals surface area contributed by atoms with Crippen molar-refractivity contribution in [3.05, 3.63) is 62.0 Å². The Balaban J connectivity index is 2.22. The number of halogens is 3. The standard InChI is InChI=1S/C14H9BrCl2O3/c15-10-3-1-2-9(14(18)19)13(10)20-7-8-4-5-11(16)12(17)6-8/h1-6H,7H2,(H,18,19). The minimum atomic E-state index is -1.05. The molecule has 20 heavy (non-hydrogen) atoms. The molecular formula is C14H9BrCl2O3. The van der Waals surface area contributed by atoms with E-state index < -0.39 is 5.97 Å². The molecule has 3 nitrogen and oxygen atoms in total. The number of rotatable bonds is 4. The van der Waals surface area contributed by atoms with Crippen LogP contribution in [-0.4, -0.2) is 11.1 Å². The molecule has 0 bridgehead atoms. The summed E-state index contributed by atoms with van der Waals surface area (Å²) in [6.07, 6.45) is 0. The van der Waals surface area contributed by atoms with E-state index in [-0.39, 0.29) is 17.9 Å². The van der Waals surface area contributed by atoms with Crippen molar-refractivity contribution in [3.8, 4) is 5.75 Å². The third-order valence-corrected chi connectivity index (χ3v) is 3.93.